The number of aliphatic hydroxyl groups excluding tert-OH is 1. The summed E-state index contributed by atoms with van der Waals surface area (Å²) in [7, 11) is -2.31. The topological polar surface area (TPSA) is 192 Å². The summed E-state index contributed by atoms with van der Waals surface area (Å²) < 4.78 is 6.30. The van der Waals surface area contributed by atoms with Crippen LogP contribution in [0.1, 0.15) is 53.9 Å². The molecule has 6 atom stereocenters. The van der Waals surface area contributed by atoms with E-state index < -0.39 is 68.4 Å². The fourth-order valence-electron chi connectivity index (χ4n) is 4.80. The Morgan fingerprint density at radius 3 is 2.15 bits per heavy atom. The molecule has 0 aliphatic carbocycles. The van der Waals surface area contributed by atoms with Crippen molar-refractivity contribution in [3.63, 3.8) is 0 Å². The molecule has 2 fully saturated rings. The number of carbonyl (C=O) groups excluding carboxylic acids is 4. The summed E-state index contributed by atoms with van der Waals surface area (Å²) in [5.74, 6) is -2.76. The maximum Gasteiger partial charge on any atom is 0.405 e. The van der Waals surface area contributed by atoms with Gasteiger partial charge in [-0.2, -0.15) is 0 Å². The Morgan fingerprint density at radius 2 is 1.64 bits per heavy atom. The van der Waals surface area contributed by atoms with E-state index in [1.807, 2.05) is 33.9 Å². The second-order valence-corrected chi connectivity index (χ2v) is 16.9. The molecule has 39 heavy (non-hydrogen) atoms. The third kappa shape index (κ3) is 7.91. The van der Waals surface area contributed by atoms with Crippen LogP contribution < -0.4 is 16.4 Å². The predicted octanol–water partition coefficient (Wildman–Crippen LogP) is 0.223. The van der Waals surface area contributed by atoms with Gasteiger partial charge in [-0.15, -0.1) is 0 Å². The third-order valence-corrected chi connectivity index (χ3v) is 12.6. The Kier molecular flexibility index (Phi) is 10.5. The lowest BCUT2D eigenvalue weighted by Crippen LogP contribution is -2.57. The van der Waals surface area contributed by atoms with Crippen LogP contribution in [0.4, 0.5) is 4.79 Å². The molecule has 2 heterocycles. The number of carbonyl (C=O) groups is 5. The lowest BCUT2D eigenvalue weighted by molar-refractivity contribution is -0.142. The number of hydrogen-bond acceptors (Lipinski definition) is 7. The highest BCUT2D eigenvalue weighted by Gasteiger charge is 2.45. The zero-order valence-corrected chi connectivity index (χ0v) is 25.0. The molecule has 4 unspecified atom stereocenters. The lowest BCUT2D eigenvalue weighted by atomic mass is 10.1. The number of likely N-dealkylation sites (tertiary alicyclic amines) is 2. The van der Waals surface area contributed by atoms with E-state index in [0.717, 1.165) is 0 Å². The Morgan fingerprint density at radius 1 is 1.03 bits per heavy atom. The Labute approximate surface area is 230 Å². The van der Waals surface area contributed by atoms with Crippen molar-refractivity contribution in [3.8, 4) is 0 Å². The number of hydrogen-bond donors (Lipinski definition) is 5. The van der Waals surface area contributed by atoms with Crippen molar-refractivity contribution in [2.24, 2.45) is 11.7 Å². The minimum Gasteiger partial charge on any atom is -0.465 e. The first-order chi connectivity index (χ1) is 17.9. The standard InChI is InChI=1S/C25H45N5O8Si/c1-14(31)18(20(26)32)27-21(33)17-9-8-11-30(17)22(34)16-10-12-29(13-16)23(35)19(28-24(36)37)15(2)38-39(6,7)25(3,4)5/h14-19,28,31H,8-13H2,1-7H3,(H2,26,32)(H,27,33)(H,36,37)/t14?,15?,16-,17+,18?,19?/m1/s1. The van der Waals surface area contributed by atoms with Crippen LogP contribution >= 0.6 is 0 Å². The first kappa shape index (κ1) is 32.5. The second kappa shape index (κ2) is 12.6. The average Bonchev–Trinajstić information content (AvgIpc) is 3.48. The van der Waals surface area contributed by atoms with Gasteiger partial charge in [0.05, 0.1) is 18.1 Å². The Bertz CT molecular complexity index is 953. The van der Waals surface area contributed by atoms with Crippen LogP contribution in [0.3, 0.4) is 0 Å². The van der Waals surface area contributed by atoms with Crippen molar-refractivity contribution in [1.29, 1.82) is 0 Å². The number of carboxylic acid groups (broad SMARTS) is 1. The van der Waals surface area contributed by atoms with Gasteiger partial charge in [0, 0.05) is 19.6 Å². The van der Waals surface area contributed by atoms with E-state index in [2.05, 4.69) is 10.6 Å². The fraction of sp³-hybridized carbons (Fsp3) is 0.800. The van der Waals surface area contributed by atoms with Gasteiger partial charge in [0.25, 0.3) is 0 Å². The minimum atomic E-state index is -2.31. The van der Waals surface area contributed by atoms with Crippen LogP contribution in [0.2, 0.25) is 18.1 Å². The molecule has 0 radical (unpaired) electrons. The van der Waals surface area contributed by atoms with E-state index in [4.69, 9.17) is 10.2 Å². The first-order valence-corrected chi connectivity index (χ1v) is 16.3. The molecule has 13 nitrogen and oxygen atoms in total. The summed E-state index contributed by atoms with van der Waals surface area (Å²) in [5, 5.41) is 23.8. The van der Waals surface area contributed by atoms with E-state index in [0.29, 0.717) is 25.8 Å². The number of amides is 5. The lowest BCUT2D eigenvalue weighted by Gasteiger charge is -2.40. The molecule has 14 heteroatoms. The number of nitrogens with one attached hydrogen (secondary N) is 2. The van der Waals surface area contributed by atoms with Gasteiger partial charge in [-0.25, -0.2) is 4.79 Å². The van der Waals surface area contributed by atoms with E-state index in [1.165, 1.54) is 16.7 Å². The predicted molar refractivity (Wildman–Crippen MR) is 145 cm³/mol. The molecular weight excluding hydrogens is 526 g/mol. The fourth-order valence-corrected chi connectivity index (χ4v) is 6.22. The van der Waals surface area contributed by atoms with Gasteiger partial charge in [0.2, 0.25) is 23.6 Å². The smallest absolute Gasteiger partial charge is 0.405 e. The molecule has 0 aromatic heterocycles. The summed E-state index contributed by atoms with van der Waals surface area (Å²) >= 11 is 0. The van der Waals surface area contributed by atoms with Crippen LogP contribution in [-0.4, -0.2) is 108 Å². The van der Waals surface area contributed by atoms with E-state index in [-0.39, 0.29) is 24.0 Å². The van der Waals surface area contributed by atoms with Gasteiger partial charge < -0.3 is 40.8 Å². The SMILES string of the molecule is CC(O)C(NC(=O)[C@@H]1CCCN1C(=O)[C@@H]1CCN(C(=O)C(NC(=O)O)C(C)O[Si](C)(C)C(C)(C)C)C1)C(N)=O. The van der Waals surface area contributed by atoms with Gasteiger partial charge in [0.15, 0.2) is 8.32 Å². The van der Waals surface area contributed by atoms with Crippen LogP contribution in [0.5, 0.6) is 0 Å². The number of rotatable bonds is 10. The summed E-state index contributed by atoms with van der Waals surface area (Å²) in [6, 6.07) is -3.23. The largest absolute Gasteiger partial charge is 0.465 e. The van der Waals surface area contributed by atoms with Crippen molar-refractivity contribution >= 4 is 38.0 Å². The normalized spacial score (nSPS) is 23.1. The highest BCUT2D eigenvalue weighted by molar-refractivity contribution is 6.74. The molecule has 0 aromatic carbocycles. The molecule has 5 amide bonds. The molecule has 2 aliphatic heterocycles. The van der Waals surface area contributed by atoms with Crippen molar-refractivity contribution in [2.75, 3.05) is 19.6 Å². The van der Waals surface area contributed by atoms with E-state index >= 15 is 0 Å². The molecule has 0 aromatic rings. The second-order valence-electron chi connectivity index (χ2n) is 12.1. The molecule has 2 rings (SSSR count). The zero-order valence-electron chi connectivity index (χ0n) is 24.0. The molecule has 0 spiro atoms. The summed E-state index contributed by atoms with van der Waals surface area (Å²) in [6.45, 7) is 13.9. The monoisotopic (exact) mass is 571 g/mol. The highest BCUT2D eigenvalue weighted by Crippen LogP contribution is 2.37. The highest BCUT2D eigenvalue weighted by atomic mass is 28.4. The van der Waals surface area contributed by atoms with Crippen molar-refractivity contribution in [2.45, 2.75) is 102 Å². The van der Waals surface area contributed by atoms with Crippen LogP contribution in [0, 0.1) is 5.92 Å². The van der Waals surface area contributed by atoms with Crippen molar-refractivity contribution in [1.82, 2.24) is 20.4 Å². The summed E-state index contributed by atoms with van der Waals surface area (Å²) in [4.78, 5) is 65.7. The molecule has 0 bridgehead atoms. The molecule has 2 aliphatic rings. The van der Waals surface area contributed by atoms with Gasteiger partial charge in [-0.1, -0.05) is 20.8 Å². The molecule has 2 saturated heterocycles. The summed E-state index contributed by atoms with van der Waals surface area (Å²) in [5.41, 5.74) is 5.27. The molecular formula is C25H45N5O8Si. The number of primary amides is 1. The van der Waals surface area contributed by atoms with Gasteiger partial charge in [-0.05, 0) is 51.2 Å². The maximum absolute atomic E-state index is 13.4. The van der Waals surface area contributed by atoms with Crippen LogP contribution in [-0.2, 0) is 23.6 Å². The minimum absolute atomic E-state index is 0.0880. The molecule has 0 saturated carbocycles. The van der Waals surface area contributed by atoms with Crippen LogP contribution in [0.25, 0.3) is 0 Å². The maximum atomic E-state index is 13.4. The van der Waals surface area contributed by atoms with Gasteiger partial charge >= 0.3 is 6.09 Å². The van der Waals surface area contributed by atoms with Crippen molar-refractivity contribution < 1.29 is 38.6 Å². The zero-order chi connectivity index (χ0) is 29.9. The third-order valence-electron chi connectivity index (χ3n) is 8.08. The average molecular weight is 572 g/mol. The van der Waals surface area contributed by atoms with Gasteiger partial charge in [-0.3, -0.25) is 19.2 Å². The number of aliphatic hydroxyl groups is 1. The molecule has 6 N–H and O–H groups in total. The first-order valence-electron chi connectivity index (χ1n) is 13.4. The Hall–Kier alpha value is -2.71. The van der Waals surface area contributed by atoms with Crippen LogP contribution in [0.15, 0.2) is 0 Å². The van der Waals surface area contributed by atoms with Gasteiger partial charge in [0.1, 0.15) is 18.1 Å². The molecule has 222 valence electrons. The quantitative estimate of drug-likeness (QED) is 0.230. The number of nitrogens with two attached hydrogens (primary N) is 1. The Balaban J connectivity index is 2.11. The summed E-state index contributed by atoms with van der Waals surface area (Å²) in [6.07, 6.45) is -1.91. The number of nitrogens with zero attached hydrogens (tertiary/aromatic N) is 2. The van der Waals surface area contributed by atoms with E-state index in [9.17, 15) is 34.2 Å². The van der Waals surface area contributed by atoms with Crippen molar-refractivity contribution in [3.05, 3.63) is 0 Å². The van der Waals surface area contributed by atoms with E-state index in [1.54, 1.807) is 6.92 Å².